The van der Waals surface area contributed by atoms with Crippen molar-refractivity contribution >= 4 is 21.5 Å². The summed E-state index contributed by atoms with van der Waals surface area (Å²) in [6.07, 6.45) is 3.36. The number of carbonyl (C=O) groups is 1. The molecule has 1 saturated carbocycles. The summed E-state index contributed by atoms with van der Waals surface area (Å²) in [5.41, 5.74) is 0.760. The molecule has 2 rings (SSSR count). The van der Waals surface area contributed by atoms with Crippen LogP contribution in [0, 0.1) is 0 Å². The van der Waals surface area contributed by atoms with Gasteiger partial charge < -0.3 is 10.0 Å². The van der Waals surface area contributed by atoms with Gasteiger partial charge in [-0.1, -0.05) is 18.2 Å². The Hall–Kier alpha value is -1.56. The highest BCUT2D eigenvalue weighted by atomic mass is 32.2. The summed E-state index contributed by atoms with van der Waals surface area (Å²) in [5.74, 6) is -0.951. The number of hydrogen-bond donors (Lipinski definition) is 1. The average Bonchev–Trinajstić information content (AvgIpc) is 2.85. The molecule has 1 fully saturated rings. The monoisotopic (exact) mass is 297 g/mol. The van der Waals surface area contributed by atoms with Crippen LogP contribution in [-0.4, -0.2) is 43.6 Å². The molecule has 0 saturated heterocycles. The molecule has 0 bridgehead atoms. The maximum atomic E-state index is 11.9. The first-order valence-corrected chi connectivity index (χ1v) is 8.57. The Morgan fingerprint density at radius 3 is 2.50 bits per heavy atom. The summed E-state index contributed by atoms with van der Waals surface area (Å²) in [6, 6.07) is 8.89. The van der Waals surface area contributed by atoms with Crippen molar-refractivity contribution in [3.63, 3.8) is 0 Å². The zero-order chi connectivity index (χ0) is 14.8. The molecular weight excluding hydrogens is 278 g/mol. The van der Waals surface area contributed by atoms with Gasteiger partial charge in [-0.3, -0.25) is 4.79 Å². The number of sulfone groups is 1. The van der Waals surface area contributed by atoms with Crippen molar-refractivity contribution in [2.24, 2.45) is 0 Å². The second kappa shape index (κ2) is 5.83. The van der Waals surface area contributed by atoms with Crippen LogP contribution in [0.3, 0.4) is 0 Å². The SMILES string of the molecule is CS(=O)(=O)C1CCCC1N(CC(=O)O)c1ccccc1. The van der Waals surface area contributed by atoms with Gasteiger partial charge in [0.15, 0.2) is 9.84 Å². The van der Waals surface area contributed by atoms with Crippen LogP contribution in [0.5, 0.6) is 0 Å². The second-order valence-electron chi connectivity index (χ2n) is 5.22. The molecule has 0 spiro atoms. The third kappa shape index (κ3) is 3.30. The van der Waals surface area contributed by atoms with Crippen molar-refractivity contribution in [3.8, 4) is 0 Å². The molecule has 1 aliphatic carbocycles. The molecule has 0 heterocycles. The quantitative estimate of drug-likeness (QED) is 0.892. The standard InChI is InChI=1S/C14H19NO4S/c1-20(18,19)13-9-5-8-12(13)15(10-14(16)17)11-6-3-2-4-7-11/h2-4,6-7,12-13H,5,8-10H2,1H3,(H,16,17). The second-order valence-corrected chi connectivity index (χ2v) is 7.49. The Morgan fingerprint density at radius 1 is 1.30 bits per heavy atom. The molecule has 110 valence electrons. The minimum Gasteiger partial charge on any atom is -0.480 e. The molecule has 1 aliphatic rings. The number of aliphatic carboxylic acids is 1. The molecule has 2 atom stereocenters. The molecule has 1 N–H and O–H groups in total. The molecule has 5 nitrogen and oxygen atoms in total. The van der Waals surface area contributed by atoms with E-state index < -0.39 is 21.1 Å². The normalized spacial score (nSPS) is 22.6. The van der Waals surface area contributed by atoms with Crippen molar-refractivity contribution in [3.05, 3.63) is 30.3 Å². The number of benzene rings is 1. The van der Waals surface area contributed by atoms with Gasteiger partial charge in [0.1, 0.15) is 6.54 Å². The van der Waals surface area contributed by atoms with Gasteiger partial charge in [-0.2, -0.15) is 0 Å². The number of anilines is 1. The van der Waals surface area contributed by atoms with E-state index in [9.17, 15) is 13.2 Å². The lowest BCUT2D eigenvalue weighted by Crippen LogP contribution is -2.46. The Labute approximate surface area is 119 Å². The van der Waals surface area contributed by atoms with Crippen molar-refractivity contribution in [1.82, 2.24) is 0 Å². The highest BCUT2D eigenvalue weighted by Gasteiger charge is 2.39. The highest BCUT2D eigenvalue weighted by Crippen LogP contribution is 2.32. The number of carboxylic acid groups (broad SMARTS) is 1. The number of carboxylic acids is 1. The number of hydrogen-bond acceptors (Lipinski definition) is 4. The van der Waals surface area contributed by atoms with E-state index in [1.807, 2.05) is 30.3 Å². The van der Waals surface area contributed by atoms with Crippen LogP contribution in [0.15, 0.2) is 30.3 Å². The Kier molecular flexibility index (Phi) is 4.32. The first-order chi connectivity index (χ1) is 9.39. The molecular formula is C14H19NO4S. The molecule has 20 heavy (non-hydrogen) atoms. The summed E-state index contributed by atoms with van der Waals surface area (Å²) in [4.78, 5) is 12.8. The van der Waals surface area contributed by atoms with E-state index in [4.69, 9.17) is 5.11 Å². The summed E-state index contributed by atoms with van der Waals surface area (Å²) >= 11 is 0. The van der Waals surface area contributed by atoms with Crippen LogP contribution in [0.4, 0.5) is 5.69 Å². The largest absolute Gasteiger partial charge is 0.480 e. The first kappa shape index (κ1) is 14.8. The predicted molar refractivity (Wildman–Crippen MR) is 77.7 cm³/mol. The number of nitrogens with zero attached hydrogens (tertiary/aromatic N) is 1. The maximum Gasteiger partial charge on any atom is 0.323 e. The zero-order valence-corrected chi connectivity index (χ0v) is 12.2. The summed E-state index contributed by atoms with van der Waals surface area (Å²) < 4.78 is 23.8. The van der Waals surface area contributed by atoms with Crippen molar-refractivity contribution < 1.29 is 18.3 Å². The smallest absolute Gasteiger partial charge is 0.323 e. The van der Waals surface area contributed by atoms with Crippen LogP contribution in [0.1, 0.15) is 19.3 Å². The van der Waals surface area contributed by atoms with Gasteiger partial charge in [-0.15, -0.1) is 0 Å². The minimum absolute atomic E-state index is 0.180. The van der Waals surface area contributed by atoms with E-state index in [1.165, 1.54) is 6.26 Å². The van der Waals surface area contributed by atoms with Crippen LogP contribution < -0.4 is 4.90 Å². The van der Waals surface area contributed by atoms with E-state index in [-0.39, 0.29) is 12.6 Å². The third-order valence-electron chi connectivity index (χ3n) is 3.76. The van der Waals surface area contributed by atoms with Gasteiger partial charge in [0.2, 0.25) is 0 Å². The molecule has 0 aliphatic heterocycles. The number of rotatable bonds is 5. The Bertz CT molecular complexity index is 570. The highest BCUT2D eigenvalue weighted by molar-refractivity contribution is 7.91. The third-order valence-corrected chi connectivity index (χ3v) is 5.41. The first-order valence-electron chi connectivity index (χ1n) is 6.62. The minimum atomic E-state index is -3.18. The zero-order valence-electron chi connectivity index (χ0n) is 11.4. The van der Waals surface area contributed by atoms with Crippen LogP contribution in [0.2, 0.25) is 0 Å². The molecule has 2 unspecified atom stereocenters. The van der Waals surface area contributed by atoms with E-state index in [1.54, 1.807) is 4.90 Å². The molecule has 1 aromatic rings. The summed E-state index contributed by atoms with van der Waals surface area (Å²) in [5, 5.41) is 8.62. The Morgan fingerprint density at radius 2 is 1.95 bits per heavy atom. The van der Waals surface area contributed by atoms with Crippen molar-refractivity contribution in [1.29, 1.82) is 0 Å². The predicted octanol–water partition coefficient (Wildman–Crippen LogP) is 1.54. The lowest BCUT2D eigenvalue weighted by atomic mass is 10.1. The lowest BCUT2D eigenvalue weighted by molar-refractivity contribution is -0.135. The van der Waals surface area contributed by atoms with E-state index in [0.29, 0.717) is 12.8 Å². The van der Waals surface area contributed by atoms with Crippen LogP contribution >= 0.6 is 0 Å². The van der Waals surface area contributed by atoms with E-state index >= 15 is 0 Å². The molecule has 0 amide bonds. The van der Waals surface area contributed by atoms with Crippen LogP contribution in [0.25, 0.3) is 0 Å². The molecule has 6 heteroatoms. The average molecular weight is 297 g/mol. The summed E-state index contributed by atoms with van der Waals surface area (Å²) in [6.45, 7) is -0.180. The fraction of sp³-hybridized carbons (Fsp3) is 0.500. The van der Waals surface area contributed by atoms with Gasteiger partial charge in [0.05, 0.1) is 5.25 Å². The van der Waals surface area contributed by atoms with Gasteiger partial charge >= 0.3 is 5.97 Å². The van der Waals surface area contributed by atoms with Gasteiger partial charge in [-0.25, -0.2) is 8.42 Å². The topological polar surface area (TPSA) is 74.7 Å². The van der Waals surface area contributed by atoms with Crippen molar-refractivity contribution in [2.45, 2.75) is 30.6 Å². The van der Waals surface area contributed by atoms with E-state index in [2.05, 4.69) is 0 Å². The van der Waals surface area contributed by atoms with Crippen LogP contribution in [-0.2, 0) is 14.6 Å². The maximum absolute atomic E-state index is 11.9. The van der Waals surface area contributed by atoms with Gasteiger partial charge in [-0.05, 0) is 31.4 Å². The fourth-order valence-corrected chi connectivity index (χ4v) is 4.38. The Balaban J connectivity index is 2.34. The number of para-hydroxylation sites is 1. The van der Waals surface area contributed by atoms with Gasteiger partial charge in [0.25, 0.3) is 0 Å². The lowest BCUT2D eigenvalue weighted by Gasteiger charge is -2.33. The summed E-state index contributed by atoms with van der Waals surface area (Å²) in [7, 11) is -3.18. The van der Waals surface area contributed by atoms with E-state index in [0.717, 1.165) is 12.1 Å². The van der Waals surface area contributed by atoms with Crippen molar-refractivity contribution in [2.75, 3.05) is 17.7 Å². The fourth-order valence-electron chi connectivity index (χ4n) is 2.93. The molecule has 0 aromatic heterocycles. The molecule has 1 aromatic carbocycles. The molecule has 0 radical (unpaired) electrons. The van der Waals surface area contributed by atoms with Gasteiger partial charge in [0, 0.05) is 18.0 Å².